The van der Waals surface area contributed by atoms with Crippen molar-refractivity contribution in [1.82, 2.24) is 0 Å². The summed E-state index contributed by atoms with van der Waals surface area (Å²) in [5, 5.41) is 0. The molecule has 0 amide bonds. The van der Waals surface area contributed by atoms with Gasteiger partial charge < -0.3 is 14.4 Å². The molecular formula is C23H29NO2. The van der Waals surface area contributed by atoms with E-state index in [0.717, 1.165) is 51.9 Å². The maximum atomic E-state index is 5.90. The van der Waals surface area contributed by atoms with Gasteiger partial charge in [0.25, 0.3) is 0 Å². The molecule has 1 atom stereocenters. The Balaban J connectivity index is 1.39. The van der Waals surface area contributed by atoms with Crippen molar-refractivity contribution in [3.8, 4) is 0 Å². The first-order chi connectivity index (χ1) is 12.9. The van der Waals surface area contributed by atoms with Crippen LogP contribution in [0.2, 0.25) is 0 Å². The first kappa shape index (κ1) is 17.6. The normalized spacial score (nSPS) is 19.5. The van der Waals surface area contributed by atoms with Crippen LogP contribution in [0.25, 0.3) is 0 Å². The molecule has 0 saturated carbocycles. The van der Waals surface area contributed by atoms with E-state index >= 15 is 0 Å². The number of fused-ring (bicyclic) bond motifs is 2. The Bertz CT molecular complexity index is 661. The van der Waals surface area contributed by atoms with Crippen molar-refractivity contribution in [3.05, 3.63) is 59.7 Å². The number of para-hydroxylation sites is 2. The molecule has 138 valence electrons. The van der Waals surface area contributed by atoms with Crippen LogP contribution in [0.1, 0.15) is 43.2 Å². The van der Waals surface area contributed by atoms with Crippen molar-refractivity contribution >= 4 is 11.4 Å². The lowest BCUT2D eigenvalue weighted by Gasteiger charge is -2.27. The van der Waals surface area contributed by atoms with Gasteiger partial charge in [-0.3, -0.25) is 0 Å². The van der Waals surface area contributed by atoms with E-state index in [-0.39, 0.29) is 6.29 Å². The molecule has 1 unspecified atom stereocenters. The molecule has 0 spiro atoms. The van der Waals surface area contributed by atoms with E-state index in [4.69, 9.17) is 9.47 Å². The Labute approximate surface area is 156 Å². The molecule has 0 bridgehead atoms. The topological polar surface area (TPSA) is 21.7 Å². The first-order valence-corrected chi connectivity index (χ1v) is 10.1. The summed E-state index contributed by atoms with van der Waals surface area (Å²) >= 11 is 0. The number of ether oxygens (including phenoxy) is 2. The van der Waals surface area contributed by atoms with Gasteiger partial charge in [0.1, 0.15) is 0 Å². The molecule has 26 heavy (non-hydrogen) atoms. The fourth-order valence-electron chi connectivity index (χ4n) is 4.04. The molecule has 0 aromatic heterocycles. The Morgan fingerprint density at radius 1 is 0.885 bits per heavy atom. The summed E-state index contributed by atoms with van der Waals surface area (Å²) in [5.74, 6) is 0. The Kier molecular flexibility index (Phi) is 5.88. The molecule has 0 aliphatic carbocycles. The highest BCUT2D eigenvalue weighted by Gasteiger charge is 2.19. The van der Waals surface area contributed by atoms with E-state index in [2.05, 4.69) is 53.4 Å². The largest absolute Gasteiger partial charge is 0.353 e. The van der Waals surface area contributed by atoms with E-state index in [9.17, 15) is 0 Å². The molecule has 2 aromatic rings. The zero-order valence-electron chi connectivity index (χ0n) is 15.5. The molecule has 2 aliphatic heterocycles. The van der Waals surface area contributed by atoms with E-state index in [1.807, 2.05) is 0 Å². The Morgan fingerprint density at radius 2 is 1.58 bits per heavy atom. The van der Waals surface area contributed by atoms with Crippen molar-refractivity contribution in [2.24, 2.45) is 0 Å². The number of benzene rings is 2. The van der Waals surface area contributed by atoms with Gasteiger partial charge in [0.2, 0.25) is 0 Å². The van der Waals surface area contributed by atoms with Crippen molar-refractivity contribution in [2.45, 2.75) is 51.2 Å². The number of unbranched alkanes of at least 4 members (excludes halogenated alkanes) is 1. The number of rotatable bonds is 6. The second-order valence-electron chi connectivity index (χ2n) is 7.28. The Hall–Kier alpha value is -1.84. The molecular weight excluding hydrogens is 322 g/mol. The van der Waals surface area contributed by atoms with Crippen LogP contribution < -0.4 is 4.90 Å². The number of hydrogen-bond acceptors (Lipinski definition) is 3. The van der Waals surface area contributed by atoms with Gasteiger partial charge in [-0.15, -0.1) is 0 Å². The van der Waals surface area contributed by atoms with Crippen LogP contribution in [0.3, 0.4) is 0 Å². The molecule has 0 radical (unpaired) electrons. The smallest absolute Gasteiger partial charge is 0.157 e. The van der Waals surface area contributed by atoms with Crippen molar-refractivity contribution < 1.29 is 9.47 Å². The third kappa shape index (κ3) is 4.11. The van der Waals surface area contributed by atoms with Gasteiger partial charge >= 0.3 is 0 Å². The van der Waals surface area contributed by atoms with E-state index < -0.39 is 0 Å². The standard InChI is InChI=1S/C23H29NO2/c1-3-11-21-19(9-1)14-15-20-10-2-4-12-22(20)24(21)16-6-8-18-26-23-13-5-7-17-25-23/h1-4,9-12,23H,5-8,13-18H2. The number of nitrogens with zero attached hydrogens (tertiary/aromatic N) is 1. The van der Waals surface area contributed by atoms with Gasteiger partial charge in [-0.05, 0) is 68.2 Å². The van der Waals surface area contributed by atoms with E-state index in [1.54, 1.807) is 0 Å². The monoisotopic (exact) mass is 351 g/mol. The molecule has 4 rings (SSSR count). The van der Waals surface area contributed by atoms with Crippen LogP contribution in [0.5, 0.6) is 0 Å². The van der Waals surface area contributed by atoms with Crippen LogP contribution in [0, 0.1) is 0 Å². The predicted octanol–water partition coefficient (Wildman–Crippen LogP) is 5.25. The minimum absolute atomic E-state index is 0.0309. The molecule has 2 aromatic carbocycles. The highest BCUT2D eigenvalue weighted by Crippen LogP contribution is 2.35. The van der Waals surface area contributed by atoms with Crippen LogP contribution in [0.4, 0.5) is 11.4 Å². The lowest BCUT2D eigenvalue weighted by Crippen LogP contribution is -2.23. The van der Waals surface area contributed by atoms with E-state index in [0.29, 0.717) is 0 Å². The quantitative estimate of drug-likeness (QED) is 0.664. The SMILES string of the molecule is c1ccc2c(c1)CCc1ccccc1N2CCCCOC1CCCCO1. The molecule has 1 saturated heterocycles. The highest BCUT2D eigenvalue weighted by atomic mass is 16.7. The van der Waals surface area contributed by atoms with Gasteiger partial charge in [-0.2, -0.15) is 0 Å². The van der Waals surface area contributed by atoms with Crippen molar-refractivity contribution in [3.63, 3.8) is 0 Å². The number of anilines is 2. The number of aryl methyl sites for hydroxylation is 2. The number of hydrogen-bond donors (Lipinski definition) is 0. The second-order valence-corrected chi connectivity index (χ2v) is 7.28. The molecule has 2 heterocycles. The average molecular weight is 351 g/mol. The summed E-state index contributed by atoms with van der Waals surface area (Å²) in [6.07, 6.45) is 7.91. The van der Waals surface area contributed by atoms with Gasteiger partial charge in [-0.25, -0.2) is 0 Å². The summed E-state index contributed by atoms with van der Waals surface area (Å²) < 4.78 is 11.5. The molecule has 3 heteroatoms. The second kappa shape index (κ2) is 8.70. The van der Waals surface area contributed by atoms with Gasteiger partial charge in [0, 0.05) is 31.1 Å². The molecule has 2 aliphatic rings. The summed E-state index contributed by atoms with van der Waals surface area (Å²) in [6, 6.07) is 17.7. The zero-order chi connectivity index (χ0) is 17.6. The maximum Gasteiger partial charge on any atom is 0.157 e. The molecule has 3 nitrogen and oxygen atoms in total. The van der Waals surface area contributed by atoms with Gasteiger partial charge in [-0.1, -0.05) is 36.4 Å². The molecule has 1 fully saturated rings. The van der Waals surface area contributed by atoms with Crippen molar-refractivity contribution in [1.29, 1.82) is 0 Å². The first-order valence-electron chi connectivity index (χ1n) is 10.1. The van der Waals surface area contributed by atoms with Gasteiger partial charge in [0.15, 0.2) is 6.29 Å². The predicted molar refractivity (Wildman–Crippen MR) is 106 cm³/mol. The minimum Gasteiger partial charge on any atom is -0.353 e. The average Bonchev–Trinajstić information content (AvgIpc) is 2.86. The fourth-order valence-corrected chi connectivity index (χ4v) is 4.04. The lowest BCUT2D eigenvalue weighted by molar-refractivity contribution is -0.162. The van der Waals surface area contributed by atoms with Crippen LogP contribution in [-0.4, -0.2) is 26.0 Å². The van der Waals surface area contributed by atoms with Gasteiger partial charge in [0.05, 0.1) is 0 Å². The third-order valence-electron chi connectivity index (χ3n) is 5.45. The summed E-state index contributed by atoms with van der Waals surface area (Å²) in [4.78, 5) is 2.51. The van der Waals surface area contributed by atoms with Crippen molar-refractivity contribution in [2.75, 3.05) is 24.7 Å². The van der Waals surface area contributed by atoms with Crippen LogP contribution >= 0.6 is 0 Å². The zero-order valence-corrected chi connectivity index (χ0v) is 15.5. The molecule has 0 N–H and O–H groups in total. The van der Waals surface area contributed by atoms with Crippen LogP contribution in [0.15, 0.2) is 48.5 Å². The fraction of sp³-hybridized carbons (Fsp3) is 0.478. The van der Waals surface area contributed by atoms with Crippen LogP contribution in [-0.2, 0) is 22.3 Å². The summed E-state index contributed by atoms with van der Waals surface area (Å²) in [6.45, 7) is 2.68. The summed E-state index contributed by atoms with van der Waals surface area (Å²) in [7, 11) is 0. The summed E-state index contributed by atoms with van der Waals surface area (Å²) in [5.41, 5.74) is 5.65. The Morgan fingerprint density at radius 3 is 2.23 bits per heavy atom. The third-order valence-corrected chi connectivity index (χ3v) is 5.45. The highest BCUT2D eigenvalue weighted by molar-refractivity contribution is 5.71. The maximum absolute atomic E-state index is 5.90. The lowest BCUT2D eigenvalue weighted by atomic mass is 10.0. The minimum atomic E-state index is 0.0309. The van der Waals surface area contributed by atoms with E-state index in [1.165, 1.54) is 35.3 Å².